The maximum Gasteiger partial charge on any atom is 0.343 e. The minimum absolute atomic E-state index is 0.0886. The summed E-state index contributed by atoms with van der Waals surface area (Å²) in [6, 6.07) is 19.0. The normalized spacial score (nSPS) is 14.5. The van der Waals surface area contributed by atoms with Gasteiger partial charge >= 0.3 is 5.97 Å². The van der Waals surface area contributed by atoms with E-state index in [2.05, 4.69) is 26.5 Å². The molecule has 1 N–H and O–H groups in total. The van der Waals surface area contributed by atoms with Gasteiger partial charge in [-0.05, 0) is 67.1 Å². The number of carbonyl (C=O) groups is 2. The van der Waals surface area contributed by atoms with Crippen molar-refractivity contribution in [3.63, 3.8) is 0 Å². The van der Waals surface area contributed by atoms with Crippen molar-refractivity contribution in [1.82, 2.24) is 5.43 Å². The number of nitrogens with zero attached hydrogens (tertiary/aromatic N) is 1. The first-order chi connectivity index (χ1) is 16.5. The molecular formula is C25H21BrN2O6. The third kappa shape index (κ3) is 5.74. The Kier molecular flexibility index (Phi) is 7.44. The summed E-state index contributed by atoms with van der Waals surface area (Å²) in [7, 11) is 0. The predicted octanol–water partition coefficient (Wildman–Crippen LogP) is 4.36. The van der Waals surface area contributed by atoms with Gasteiger partial charge in [0.15, 0.2) is 23.0 Å². The molecule has 34 heavy (non-hydrogen) atoms. The molecule has 3 aromatic carbocycles. The molecule has 1 heterocycles. The van der Waals surface area contributed by atoms with Gasteiger partial charge in [0.05, 0.1) is 18.4 Å². The number of carbonyl (C=O) groups excluding carboxylic acids is 2. The molecular weight excluding hydrogens is 504 g/mol. The zero-order valence-electron chi connectivity index (χ0n) is 18.2. The van der Waals surface area contributed by atoms with E-state index >= 15 is 0 Å². The van der Waals surface area contributed by atoms with Gasteiger partial charge in [0, 0.05) is 4.47 Å². The predicted molar refractivity (Wildman–Crippen MR) is 129 cm³/mol. The lowest BCUT2D eigenvalue weighted by Crippen LogP contribution is -2.42. The molecule has 1 aliphatic rings. The molecule has 0 aromatic heterocycles. The van der Waals surface area contributed by atoms with Crippen LogP contribution in [0.5, 0.6) is 23.0 Å². The van der Waals surface area contributed by atoms with Crippen molar-refractivity contribution >= 4 is 34.0 Å². The van der Waals surface area contributed by atoms with Crippen LogP contribution in [0, 0.1) is 0 Å². The van der Waals surface area contributed by atoms with E-state index in [4.69, 9.17) is 18.9 Å². The Hall–Kier alpha value is -3.85. The van der Waals surface area contributed by atoms with Gasteiger partial charge < -0.3 is 18.9 Å². The van der Waals surface area contributed by atoms with Crippen LogP contribution in [-0.2, 0) is 4.79 Å². The van der Waals surface area contributed by atoms with Crippen LogP contribution in [0.15, 0.2) is 76.3 Å². The number of esters is 1. The fourth-order valence-electron chi connectivity index (χ4n) is 3.09. The lowest BCUT2D eigenvalue weighted by atomic mass is 10.2. The van der Waals surface area contributed by atoms with Gasteiger partial charge in [0.1, 0.15) is 6.61 Å². The van der Waals surface area contributed by atoms with Gasteiger partial charge in [0.2, 0.25) is 6.10 Å². The molecule has 0 spiro atoms. The van der Waals surface area contributed by atoms with Gasteiger partial charge in [-0.2, -0.15) is 5.10 Å². The molecule has 0 aliphatic carbocycles. The van der Waals surface area contributed by atoms with Gasteiger partial charge in [0.25, 0.3) is 5.91 Å². The standard InChI is InChI=1S/C25H21BrN2O6/c1-2-31-22-13-16(7-12-21(22)34-25(30)17-8-10-18(26)11-9-17)14-27-28-24(29)23-15-32-19-5-3-4-6-20(19)33-23/h3-14,23H,2,15H2,1H3,(H,28,29)/b27-14-. The fraction of sp³-hybridized carbons (Fsp3) is 0.160. The second-order valence-corrected chi connectivity index (χ2v) is 8.05. The van der Waals surface area contributed by atoms with Crippen LogP contribution in [-0.4, -0.2) is 37.4 Å². The number of hydrogen-bond donors (Lipinski definition) is 1. The number of ether oxygens (including phenoxy) is 4. The average Bonchev–Trinajstić information content (AvgIpc) is 2.85. The Balaban J connectivity index is 1.39. The lowest BCUT2D eigenvalue weighted by Gasteiger charge is -2.24. The molecule has 1 amide bonds. The summed E-state index contributed by atoms with van der Waals surface area (Å²) >= 11 is 3.34. The van der Waals surface area contributed by atoms with Crippen molar-refractivity contribution in [3.05, 3.63) is 82.3 Å². The third-order valence-electron chi connectivity index (χ3n) is 4.74. The molecule has 1 atom stereocenters. The summed E-state index contributed by atoms with van der Waals surface area (Å²) in [4.78, 5) is 24.8. The molecule has 1 unspecified atom stereocenters. The first kappa shape index (κ1) is 23.3. The zero-order valence-corrected chi connectivity index (χ0v) is 19.8. The molecule has 0 fully saturated rings. The van der Waals surface area contributed by atoms with E-state index in [1.165, 1.54) is 6.21 Å². The highest BCUT2D eigenvalue weighted by molar-refractivity contribution is 9.10. The Morgan fingerprint density at radius 1 is 1.09 bits per heavy atom. The molecule has 0 saturated carbocycles. The number of amides is 1. The minimum atomic E-state index is -0.813. The summed E-state index contributed by atoms with van der Waals surface area (Å²) in [6.07, 6.45) is 0.643. The molecule has 174 valence electrons. The quantitative estimate of drug-likeness (QED) is 0.213. The summed E-state index contributed by atoms with van der Waals surface area (Å²) in [6.45, 7) is 2.29. The maximum absolute atomic E-state index is 12.5. The van der Waals surface area contributed by atoms with Gasteiger partial charge in [-0.15, -0.1) is 0 Å². The molecule has 0 saturated heterocycles. The van der Waals surface area contributed by atoms with Crippen molar-refractivity contribution in [2.75, 3.05) is 13.2 Å². The van der Waals surface area contributed by atoms with Crippen LogP contribution in [0.3, 0.4) is 0 Å². The fourth-order valence-corrected chi connectivity index (χ4v) is 3.36. The van der Waals surface area contributed by atoms with Crippen LogP contribution in [0.4, 0.5) is 0 Å². The van der Waals surface area contributed by atoms with Crippen LogP contribution < -0.4 is 24.4 Å². The number of hydrazone groups is 1. The van der Waals surface area contributed by atoms with E-state index in [0.29, 0.717) is 35.0 Å². The third-order valence-corrected chi connectivity index (χ3v) is 5.27. The smallest absolute Gasteiger partial charge is 0.343 e. The van der Waals surface area contributed by atoms with E-state index < -0.39 is 18.0 Å². The summed E-state index contributed by atoms with van der Waals surface area (Å²) < 4.78 is 23.2. The summed E-state index contributed by atoms with van der Waals surface area (Å²) in [5.74, 6) is 0.826. The Morgan fingerprint density at radius 2 is 1.85 bits per heavy atom. The Labute approximate surface area is 204 Å². The van der Waals surface area contributed by atoms with E-state index in [-0.39, 0.29) is 12.4 Å². The Bertz CT molecular complexity index is 1210. The second-order valence-electron chi connectivity index (χ2n) is 7.13. The topological polar surface area (TPSA) is 95.5 Å². The van der Waals surface area contributed by atoms with Gasteiger partial charge in [-0.25, -0.2) is 10.2 Å². The average molecular weight is 525 g/mol. The number of nitrogens with one attached hydrogen (secondary N) is 1. The first-order valence-corrected chi connectivity index (χ1v) is 11.3. The molecule has 4 rings (SSSR count). The number of hydrogen-bond acceptors (Lipinski definition) is 7. The van der Waals surface area contributed by atoms with Crippen molar-refractivity contribution in [3.8, 4) is 23.0 Å². The minimum Gasteiger partial charge on any atom is -0.490 e. The SMILES string of the molecule is CCOc1cc(/C=N\NC(=O)C2COc3ccccc3O2)ccc1OC(=O)c1ccc(Br)cc1. The number of benzene rings is 3. The summed E-state index contributed by atoms with van der Waals surface area (Å²) in [5, 5.41) is 3.99. The monoisotopic (exact) mass is 524 g/mol. The van der Waals surface area contributed by atoms with Gasteiger partial charge in [-0.1, -0.05) is 28.1 Å². The summed E-state index contributed by atoms with van der Waals surface area (Å²) in [5.41, 5.74) is 3.50. The van der Waals surface area contributed by atoms with Crippen molar-refractivity contribution in [2.45, 2.75) is 13.0 Å². The van der Waals surface area contributed by atoms with Crippen LogP contribution in [0.1, 0.15) is 22.8 Å². The zero-order chi connectivity index (χ0) is 23.9. The number of rotatable bonds is 7. The molecule has 0 bridgehead atoms. The molecule has 9 heteroatoms. The Morgan fingerprint density at radius 3 is 2.62 bits per heavy atom. The molecule has 3 aromatic rings. The lowest BCUT2D eigenvalue weighted by molar-refractivity contribution is -0.130. The largest absolute Gasteiger partial charge is 0.490 e. The maximum atomic E-state index is 12.5. The van der Waals surface area contributed by atoms with Crippen molar-refractivity contribution in [1.29, 1.82) is 0 Å². The van der Waals surface area contributed by atoms with Crippen molar-refractivity contribution in [2.24, 2.45) is 5.10 Å². The molecule has 1 aliphatic heterocycles. The molecule has 8 nitrogen and oxygen atoms in total. The highest BCUT2D eigenvalue weighted by Gasteiger charge is 2.27. The van der Waals surface area contributed by atoms with E-state index in [1.807, 2.05) is 13.0 Å². The van der Waals surface area contributed by atoms with Crippen LogP contribution in [0.2, 0.25) is 0 Å². The number of fused-ring (bicyclic) bond motifs is 1. The van der Waals surface area contributed by atoms with Crippen molar-refractivity contribution < 1.29 is 28.5 Å². The van der Waals surface area contributed by atoms with Crippen LogP contribution in [0.25, 0.3) is 0 Å². The van der Waals surface area contributed by atoms with E-state index in [9.17, 15) is 9.59 Å². The van der Waals surface area contributed by atoms with E-state index in [1.54, 1.807) is 60.7 Å². The number of para-hydroxylation sites is 2. The first-order valence-electron chi connectivity index (χ1n) is 10.5. The van der Waals surface area contributed by atoms with Gasteiger partial charge in [-0.3, -0.25) is 4.79 Å². The highest BCUT2D eigenvalue weighted by atomic mass is 79.9. The van der Waals surface area contributed by atoms with E-state index in [0.717, 1.165) is 4.47 Å². The second kappa shape index (κ2) is 10.8. The van der Waals surface area contributed by atoms with Crippen LogP contribution >= 0.6 is 15.9 Å². The molecule has 0 radical (unpaired) electrons. The highest BCUT2D eigenvalue weighted by Crippen LogP contribution is 2.31. The number of halogens is 1.